The lowest BCUT2D eigenvalue weighted by Gasteiger charge is -2.29. The summed E-state index contributed by atoms with van der Waals surface area (Å²) in [5, 5.41) is 9.66. The van der Waals surface area contributed by atoms with Gasteiger partial charge >= 0.3 is 0 Å². The third-order valence-corrected chi connectivity index (χ3v) is 3.34. The normalized spacial score (nSPS) is 21.2. The molecule has 1 saturated heterocycles. The average Bonchev–Trinajstić information content (AvgIpc) is 2.73. The van der Waals surface area contributed by atoms with Gasteiger partial charge in [-0.25, -0.2) is 5.06 Å². The molecule has 1 aromatic carbocycles. The molecule has 0 aromatic heterocycles. The summed E-state index contributed by atoms with van der Waals surface area (Å²) in [7, 11) is 0. The van der Waals surface area contributed by atoms with Crippen molar-refractivity contribution in [1.82, 2.24) is 5.06 Å². The first-order chi connectivity index (χ1) is 9.31. The van der Waals surface area contributed by atoms with Gasteiger partial charge in [0.15, 0.2) is 12.1 Å². The molecule has 2 aliphatic heterocycles. The minimum absolute atomic E-state index is 0.277. The van der Waals surface area contributed by atoms with Crippen molar-refractivity contribution in [2.45, 2.75) is 26.0 Å². The van der Waals surface area contributed by atoms with Crippen molar-refractivity contribution in [1.29, 1.82) is 5.41 Å². The molecule has 19 heavy (non-hydrogen) atoms. The van der Waals surface area contributed by atoms with Crippen LogP contribution in [-0.2, 0) is 9.57 Å². The second kappa shape index (κ2) is 5.19. The zero-order valence-electron chi connectivity index (χ0n) is 11.0. The van der Waals surface area contributed by atoms with E-state index in [1.165, 1.54) is 5.06 Å². The fourth-order valence-electron chi connectivity index (χ4n) is 2.33. The molecule has 102 valence electrons. The second-order valence-electron chi connectivity index (χ2n) is 4.68. The average molecular weight is 262 g/mol. The number of hydrogen-bond donors (Lipinski definition) is 1. The van der Waals surface area contributed by atoms with Gasteiger partial charge in [-0.1, -0.05) is 19.4 Å². The van der Waals surface area contributed by atoms with Crippen LogP contribution >= 0.6 is 0 Å². The Labute approximate surface area is 112 Å². The molecule has 2 aliphatic rings. The van der Waals surface area contributed by atoms with Gasteiger partial charge < -0.3 is 9.47 Å². The number of hydroxylamine groups is 2. The van der Waals surface area contributed by atoms with Gasteiger partial charge in [-0.15, -0.1) is 0 Å². The highest BCUT2D eigenvalue weighted by Gasteiger charge is 2.38. The van der Waals surface area contributed by atoms with E-state index in [-0.39, 0.29) is 6.23 Å². The standard InChI is InChI=1S/C14H18N2O3/c1-2-3-6-17-10-4-5-11-12(9-10)13(15)16-14(11)18-7-8-19-16/h4-5,9,14-15H,2-3,6-8H2,1H3. The van der Waals surface area contributed by atoms with Crippen molar-refractivity contribution < 1.29 is 14.3 Å². The van der Waals surface area contributed by atoms with Crippen molar-refractivity contribution in [3.05, 3.63) is 29.3 Å². The first-order valence-electron chi connectivity index (χ1n) is 6.70. The largest absolute Gasteiger partial charge is 0.494 e. The molecule has 0 amide bonds. The van der Waals surface area contributed by atoms with Crippen LogP contribution in [0.2, 0.25) is 0 Å². The van der Waals surface area contributed by atoms with Crippen LogP contribution in [0.15, 0.2) is 18.2 Å². The monoisotopic (exact) mass is 262 g/mol. The summed E-state index contributed by atoms with van der Waals surface area (Å²) in [5.41, 5.74) is 1.81. The molecular formula is C14H18N2O3. The zero-order valence-corrected chi connectivity index (χ0v) is 11.0. The van der Waals surface area contributed by atoms with Gasteiger partial charge in [0.05, 0.1) is 19.8 Å². The summed E-state index contributed by atoms with van der Waals surface area (Å²) in [6.45, 7) is 3.90. The molecule has 0 aliphatic carbocycles. The summed E-state index contributed by atoms with van der Waals surface area (Å²) < 4.78 is 11.3. The van der Waals surface area contributed by atoms with E-state index in [0.29, 0.717) is 25.7 Å². The number of benzene rings is 1. The Kier molecular flexibility index (Phi) is 3.40. The number of fused-ring (bicyclic) bond motifs is 3. The number of ether oxygens (including phenoxy) is 2. The zero-order chi connectivity index (χ0) is 13.2. The van der Waals surface area contributed by atoms with Crippen LogP contribution < -0.4 is 4.74 Å². The maximum Gasteiger partial charge on any atom is 0.182 e. The summed E-state index contributed by atoms with van der Waals surface area (Å²) >= 11 is 0. The van der Waals surface area contributed by atoms with Gasteiger partial charge in [0.2, 0.25) is 0 Å². The Morgan fingerprint density at radius 1 is 1.42 bits per heavy atom. The number of amidine groups is 1. The molecule has 5 heteroatoms. The predicted octanol–water partition coefficient (Wildman–Crippen LogP) is 2.47. The number of hydrogen-bond acceptors (Lipinski definition) is 4. The Balaban J connectivity index is 1.82. The van der Waals surface area contributed by atoms with Gasteiger partial charge in [-0.2, -0.15) is 0 Å². The number of nitrogens with one attached hydrogen (secondary N) is 1. The van der Waals surface area contributed by atoms with E-state index in [0.717, 1.165) is 29.7 Å². The summed E-state index contributed by atoms with van der Waals surface area (Å²) in [4.78, 5) is 5.48. The molecule has 3 rings (SSSR count). The fourth-order valence-corrected chi connectivity index (χ4v) is 2.33. The van der Waals surface area contributed by atoms with Crippen molar-refractivity contribution in [3.8, 4) is 5.75 Å². The summed E-state index contributed by atoms with van der Waals surface area (Å²) in [6, 6.07) is 5.80. The molecule has 1 unspecified atom stereocenters. The van der Waals surface area contributed by atoms with E-state index in [4.69, 9.17) is 19.7 Å². The molecule has 2 heterocycles. The van der Waals surface area contributed by atoms with Crippen LogP contribution in [0.5, 0.6) is 5.75 Å². The van der Waals surface area contributed by atoms with Crippen molar-refractivity contribution >= 4 is 5.84 Å². The molecule has 0 spiro atoms. The Morgan fingerprint density at radius 2 is 2.32 bits per heavy atom. The first-order valence-corrected chi connectivity index (χ1v) is 6.70. The van der Waals surface area contributed by atoms with Crippen molar-refractivity contribution in [3.63, 3.8) is 0 Å². The smallest absolute Gasteiger partial charge is 0.182 e. The topological polar surface area (TPSA) is 54.8 Å². The van der Waals surface area contributed by atoms with Gasteiger partial charge in [0.25, 0.3) is 0 Å². The van der Waals surface area contributed by atoms with E-state index in [9.17, 15) is 0 Å². The number of rotatable bonds is 4. The van der Waals surface area contributed by atoms with Crippen molar-refractivity contribution in [2.75, 3.05) is 19.8 Å². The van der Waals surface area contributed by atoms with Crippen LogP contribution in [0, 0.1) is 5.41 Å². The maximum atomic E-state index is 8.13. The molecule has 0 bridgehead atoms. The Morgan fingerprint density at radius 3 is 3.16 bits per heavy atom. The van der Waals surface area contributed by atoms with E-state index in [1.807, 2.05) is 18.2 Å². The maximum absolute atomic E-state index is 8.13. The molecule has 0 radical (unpaired) electrons. The molecule has 1 N–H and O–H groups in total. The Hall–Kier alpha value is -1.59. The quantitative estimate of drug-likeness (QED) is 0.847. The van der Waals surface area contributed by atoms with Gasteiger partial charge in [-0.05, 0) is 18.6 Å². The highest BCUT2D eigenvalue weighted by Crippen LogP contribution is 2.38. The highest BCUT2D eigenvalue weighted by molar-refractivity contribution is 6.00. The van der Waals surface area contributed by atoms with Crippen LogP contribution in [-0.4, -0.2) is 30.7 Å². The lowest BCUT2D eigenvalue weighted by molar-refractivity contribution is -0.257. The van der Waals surface area contributed by atoms with Gasteiger partial charge in [-0.3, -0.25) is 10.2 Å². The van der Waals surface area contributed by atoms with E-state index in [2.05, 4.69) is 6.92 Å². The van der Waals surface area contributed by atoms with E-state index < -0.39 is 0 Å². The van der Waals surface area contributed by atoms with Crippen LogP contribution in [0.1, 0.15) is 37.1 Å². The van der Waals surface area contributed by atoms with Gasteiger partial charge in [0, 0.05) is 11.1 Å². The third kappa shape index (κ3) is 2.19. The number of unbranched alkanes of at least 4 members (excludes halogenated alkanes) is 1. The van der Waals surface area contributed by atoms with E-state index >= 15 is 0 Å². The second-order valence-corrected chi connectivity index (χ2v) is 4.68. The van der Waals surface area contributed by atoms with Crippen molar-refractivity contribution in [2.24, 2.45) is 0 Å². The molecule has 1 atom stereocenters. The molecule has 0 saturated carbocycles. The van der Waals surface area contributed by atoms with Crippen LogP contribution in [0.4, 0.5) is 0 Å². The highest BCUT2D eigenvalue weighted by atomic mass is 16.7. The summed E-state index contributed by atoms with van der Waals surface area (Å²) in [6.07, 6.45) is 1.87. The van der Waals surface area contributed by atoms with Crippen LogP contribution in [0.3, 0.4) is 0 Å². The summed E-state index contributed by atoms with van der Waals surface area (Å²) in [5.74, 6) is 1.15. The Bertz CT molecular complexity index is 490. The van der Waals surface area contributed by atoms with Crippen LogP contribution in [0.25, 0.3) is 0 Å². The van der Waals surface area contributed by atoms with E-state index in [1.54, 1.807) is 0 Å². The fraction of sp³-hybridized carbons (Fsp3) is 0.500. The molecule has 1 fully saturated rings. The number of nitrogens with zero attached hydrogens (tertiary/aromatic N) is 1. The molecule has 1 aromatic rings. The lowest BCUT2D eigenvalue weighted by Crippen LogP contribution is -2.36. The minimum Gasteiger partial charge on any atom is -0.494 e. The van der Waals surface area contributed by atoms with Gasteiger partial charge in [0.1, 0.15) is 5.75 Å². The SMILES string of the molecule is CCCCOc1ccc2c(c1)C(=N)N1OCCOC21. The third-order valence-electron chi connectivity index (χ3n) is 3.34. The molecule has 5 nitrogen and oxygen atoms in total. The lowest BCUT2D eigenvalue weighted by atomic mass is 10.1. The molecular weight excluding hydrogens is 244 g/mol. The predicted molar refractivity (Wildman–Crippen MR) is 70.2 cm³/mol. The first kappa shape index (κ1) is 12.4. The minimum atomic E-state index is -0.277.